The van der Waals surface area contributed by atoms with Crippen LogP contribution in [0.15, 0.2) is 35.0 Å². The first kappa shape index (κ1) is 12.4. The number of nitrogens with two attached hydrogens (primary N) is 1. The highest BCUT2D eigenvalue weighted by molar-refractivity contribution is 7.07. The lowest BCUT2D eigenvalue weighted by Crippen LogP contribution is -2.11. The second kappa shape index (κ2) is 5.55. The Morgan fingerprint density at radius 3 is 2.89 bits per heavy atom. The Bertz CT molecular complexity index is 538. The number of carbonyl (C=O) groups is 1. The number of benzene rings is 1. The summed E-state index contributed by atoms with van der Waals surface area (Å²) in [5.74, 6) is -0.972. The highest BCUT2D eigenvalue weighted by Gasteiger charge is 2.11. The summed E-state index contributed by atoms with van der Waals surface area (Å²) in [7, 11) is 0. The van der Waals surface area contributed by atoms with Crippen molar-refractivity contribution in [2.24, 2.45) is 0 Å². The smallest absolute Gasteiger partial charge is 0.337 e. The van der Waals surface area contributed by atoms with Gasteiger partial charge in [-0.05, 0) is 40.9 Å². The molecule has 4 N–H and O–H groups in total. The van der Waals surface area contributed by atoms with Gasteiger partial charge in [-0.2, -0.15) is 11.3 Å². The SMILES string of the molecule is Nc1cccc(C(=O)O)c1NCCc1ccsc1. The van der Waals surface area contributed by atoms with E-state index in [2.05, 4.69) is 16.8 Å². The zero-order valence-electron chi connectivity index (χ0n) is 9.72. The van der Waals surface area contributed by atoms with Crippen LogP contribution in [0, 0.1) is 0 Å². The van der Waals surface area contributed by atoms with Gasteiger partial charge in [-0.25, -0.2) is 4.79 Å². The number of anilines is 2. The number of nitrogens with one attached hydrogen (secondary N) is 1. The van der Waals surface area contributed by atoms with E-state index in [0.717, 1.165) is 6.42 Å². The molecule has 0 aliphatic rings. The van der Waals surface area contributed by atoms with Crippen LogP contribution in [0.5, 0.6) is 0 Å². The standard InChI is InChI=1S/C13H14N2O2S/c14-11-3-1-2-10(13(16)17)12(11)15-6-4-9-5-7-18-8-9/h1-3,5,7-8,15H,4,6,14H2,(H,16,17). The largest absolute Gasteiger partial charge is 0.478 e. The lowest BCUT2D eigenvalue weighted by molar-refractivity contribution is 0.0698. The molecular formula is C13H14N2O2S. The van der Waals surface area contributed by atoms with Crippen molar-refractivity contribution < 1.29 is 9.90 Å². The van der Waals surface area contributed by atoms with Crippen molar-refractivity contribution in [1.29, 1.82) is 0 Å². The summed E-state index contributed by atoms with van der Waals surface area (Å²) >= 11 is 1.65. The molecule has 0 radical (unpaired) electrons. The predicted octanol–water partition coefficient (Wildman–Crippen LogP) is 2.68. The molecule has 0 saturated heterocycles. The molecule has 0 unspecified atom stereocenters. The molecule has 0 amide bonds. The van der Waals surface area contributed by atoms with Crippen molar-refractivity contribution in [2.45, 2.75) is 6.42 Å². The third kappa shape index (κ3) is 2.81. The van der Waals surface area contributed by atoms with Crippen LogP contribution in [0.25, 0.3) is 0 Å². The molecule has 94 valence electrons. The number of carboxylic acid groups (broad SMARTS) is 1. The van der Waals surface area contributed by atoms with E-state index < -0.39 is 5.97 Å². The molecule has 2 aromatic rings. The summed E-state index contributed by atoms with van der Waals surface area (Å²) in [4.78, 5) is 11.1. The Labute approximate surface area is 109 Å². The van der Waals surface area contributed by atoms with E-state index in [4.69, 9.17) is 10.8 Å². The van der Waals surface area contributed by atoms with Crippen LogP contribution in [-0.4, -0.2) is 17.6 Å². The number of nitrogen functional groups attached to an aromatic ring is 1. The Kier molecular flexibility index (Phi) is 3.84. The van der Waals surface area contributed by atoms with E-state index in [1.54, 1.807) is 29.5 Å². The molecule has 1 heterocycles. The maximum atomic E-state index is 11.1. The van der Waals surface area contributed by atoms with Crippen LogP contribution in [0.2, 0.25) is 0 Å². The highest BCUT2D eigenvalue weighted by Crippen LogP contribution is 2.23. The summed E-state index contributed by atoms with van der Waals surface area (Å²) in [5.41, 5.74) is 8.20. The fourth-order valence-electron chi connectivity index (χ4n) is 1.71. The minimum atomic E-state index is -0.972. The lowest BCUT2D eigenvalue weighted by Gasteiger charge is -2.11. The first-order chi connectivity index (χ1) is 8.68. The van der Waals surface area contributed by atoms with Crippen molar-refractivity contribution >= 4 is 28.7 Å². The van der Waals surface area contributed by atoms with E-state index in [-0.39, 0.29) is 5.56 Å². The molecule has 0 bridgehead atoms. The van der Waals surface area contributed by atoms with Gasteiger partial charge in [0.25, 0.3) is 0 Å². The van der Waals surface area contributed by atoms with E-state index in [9.17, 15) is 4.79 Å². The first-order valence-corrected chi connectivity index (χ1v) is 6.49. The van der Waals surface area contributed by atoms with Crippen LogP contribution < -0.4 is 11.1 Å². The molecule has 18 heavy (non-hydrogen) atoms. The predicted molar refractivity (Wildman–Crippen MR) is 74.3 cm³/mol. The molecule has 0 atom stereocenters. The zero-order chi connectivity index (χ0) is 13.0. The number of carboxylic acids is 1. The van der Waals surface area contributed by atoms with Crippen molar-refractivity contribution in [1.82, 2.24) is 0 Å². The number of aromatic carboxylic acids is 1. The number of para-hydroxylation sites is 1. The van der Waals surface area contributed by atoms with Crippen LogP contribution >= 0.6 is 11.3 Å². The molecular weight excluding hydrogens is 248 g/mol. The maximum absolute atomic E-state index is 11.1. The van der Waals surface area contributed by atoms with Gasteiger partial charge in [0, 0.05) is 6.54 Å². The molecule has 5 heteroatoms. The second-order valence-corrected chi connectivity index (χ2v) is 4.66. The Morgan fingerprint density at radius 2 is 2.22 bits per heavy atom. The molecule has 0 spiro atoms. The third-order valence-corrected chi connectivity index (χ3v) is 3.35. The zero-order valence-corrected chi connectivity index (χ0v) is 10.5. The lowest BCUT2D eigenvalue weighted by atomic mass is 10.1. The minimum absolute atomic E-state index is 0.209. The summed E-state index contributed by atoms with van der Waals surface area (Å²) < 4.78 is 0. The Balaban J connectivity index is 2.06. The molecule has 1 aromatic carbocycles. The number of hydrogen-bond donors (Lipinski definition) is 3. The molecule has 4 nitrogen and oxygen atoms in total. The molecule has 0 saturated carbocycles. The summed E-state index contributed by atoms with van der Waals surface area (Å²) in [5, 5.41) is 16.3. The summed E-state index contributed by atoms with van der Waals surface area (Å²) in [6.45, 7) is 0.658. The maximum Gasteiger partial charge on any atom is 0.337 e. The number of hydrogen-bond acceptors (Lipinski definition) is 4. The number of thiophene rings is 1. The normalized spacial score (nSPS) is 10.2. The topological polar surface area (TPSA) is 75.4 Å². The minimum Gasteiger partial charge on any atom is -0.478 e. The van der Waals surface area contributed by atoms with E-state index in [0.29, 0.717) is 17.9 Å². The average Bonchev–Trinajstić information content (AvgIpc) is 2.84. The van der Waals surface area contributed by atoms with Gasteiger partial charge in [-0.15, -0.1) is 0 Å². The van der Waals surface area contributed by atoms with Gasteiger partial charge in [0.2, 0.25) is 0 Å². The second-order valence-electron chi connectivity index (χ2n) is 3.88. The van der Waals surface area contributed by atoms with E-state index >= 15 is 0 Å². The molecule has 2 rings (SSSR count). The van der Waals surface area contributed by atoms with Crippen molar-refractivity contribution in [2.75, 3.05) is 17.6 Å². The van der Waals surface area contributed by atoms with Gasteiger partial charge in [0.15, 0.2) is 0 Å². The Hall–Kier alpha value is -2.01. The first-order valence-electron chi connectivity index (χ1n) is 5.55. The van der Waals surface area contributed by atoms with Crippen LogP contribution in [0.1, 0.15) is 15.9 Å². The molecule has 0 aliphatic heterocycles. The van der Waals surface area contributed by atoms with Crippen molar-refractivity contribution in [3.05, 3.63) is 46.2 Å². The summed E-state index contributed by atoms with van der Waals surface area (Å²) in [6, 6.07) is 6.94. The highest BCUT2D eigenvalue weighted by atomic mass is 32.1. The third-order valence-electron chi connectivity index (χ3n) is 2.62. The van der Waals surface area contributed by atoms with Gasteiger partial charge >= 0.3 is 5.97 Å². The van der Waals surface area contributed by atoms with E-state index in [1.165, 1.54) is 5.56 Å². The molecule has 0 aliphatic carbocycles. The van der Waals surface area contributed by atoms with Gasteiger partial charge in [-0.3, -0.25) is 0 Å². The van der Waals surface area contributed by atoms with Gasteiger partial charge in [-0.1, -0.05) is 6.07 Å². The summed E-state index contributed by atoms with van der Waals surface area (Å²) in [6.07, 6.45) is 0.844. The van der Waals surface area contributed by atoms with E-state index in [1.807, 2.05) is 5.38 Å². The van der Waals surface area contributed by atoms with Crippen LogP contribution in [-0.2, 0) is 6.42 Å². The molecule has 1 aromatic heterocycles. The van der Waals surface area contributed by atoms with Gasteiger partial charge in [0.1, 0.15) is 0 Å². The fraction of sp³-hybridized carbons (Fsp3) is 0.154. The molecule has 0 fully saturated rings. The van der Waals surface area contributed by atoms with Crippen LogP contribution in [0.4, 0.5) is 11.4 Å². The quantitative estimate of drug-likeness (QED) is 0.724. The van der Waals surface area contributed by atoms with Crippen molar-refractivity contribution in [3.8, 4) is 0 Å². The average molecular weight is 262 g/mol. The Morgan fingerprint density at radius 1 is 1.39 bits per heavy atom. The monoisotopic (exact) mass is 262 g/mol. The number of rotatable bonds is 5. The van der Waals surface area contributed by atoms with Gasteiger partial charge < -0.3 is 16.2 Å². The van der Waals surface area contributed by atoms with Crippen molar-refractivity contribution in [3.63, 3.8) is 0 Å². The fourth-order valence-corrected chi connectivity index (χ4v) is 2.42. The van der Waals surface area contributed by atoms with Crippen LogP contribution in [0.3, 0.4) is 0 Å². The van der Waals surface area contributed by atoms with Gasteiger partial charge in [0.05, 0.1) is 16.9 Å².